The van der Waals surface area contributed by atoms with E-state index in [1.54, 1.807) is 0 Å². The molecule has 33 heavy (non-hydrogen) atoms. The molecule has 4 heterocycles. The Morgan fingerprint density at radius 3 is 2.55 bits per heavy atom. The SMILES string of the molecule is COC1(c2ccc(-c3cnc4c(-c5ccc6ncccc6c5)cnn4c3)cc2)CCNCC1. The Morgan fingerprint density at radius 1 is 0.909 bits per heavy atom. The van der Waals surface area contributed by atoms with Crippen LogP contribution in [0.25, 0.3) is 38.8 Å². The second-order valence-electron chi connectivity index (χ2n) is 8.61. The van der Waals surface area contributed by atoms with Gasteiger partial charge in [0.1, 0.15) is 0 Å². The first-order chi connectivity index (χ1) is 16.3. The van der Waals surface area contributed by atoms with Gasteiger partial charge in [0.15, 0.2) is 5.65 Å². The molecule has 1 fully saturated rings. The maximum absolute atomic E-state index is 5.97. The maximum Gasteiger partial charge on any atom is 0.162 e. The zero-order chi connectivity index (χ0) is 22.3. The molecule has 0 amide bonds. The van der Waals surface area contributed by atoms with Crippen molar-refractivity contribution >= 4 is 16.6 Å². The zero-order valence-electron chi connectivity index (χ0n) is 18.5. The van der Waals surface area contributed by atoms with E-state index < -0.39 is 0 Å². The minimum absolute atomic E-state index is 0.196. The fourth-order valence-electron chi connectivity index (χ4n) is 4.88. The molecule has 0 saturated carbocycles. The number of rotatable bonds is 4. The molecule has 0 atom stereocenters. The molecule has 6 rings (SSSR count). The molecule has 164 valence electrons. The van der Waals surface area contributed by atoms with E-state index in [4.69, 9.17) is 9.72 Å². The summed E-state index contributed by atoms with van der Waals surface area (Å²) >= 11 is 0. The van der Waals surface area contributed by atoms with Gasteiger partial charge in [0.05, 0.1) is 17.3 Å². The van der Waals surface area contributed by atoms with Crippen LogP contribution in [0.5, 0.6) is 0 Å². The Hall–Kier alpha value is -3.61. The quantitative estimate of drug-likeness (QED) is 0.438. The summed E-state index contributed by atoms with van der Waals surface area (Å²) in [7, 11) is 1.82. The van der Waals surface area contributed by atoms with Crippen molar-refractivity contribution in [2.75, 3.05) is 20.2 Å². The standard InChI is InChI=1S/C27H25N5O/c1-33-27(10-13-28-14-11-27)23-7-4-19(5-8-23)22-16-30-26-24(17-31-32(26)18-22)20-6-9-25-21(15-20)3-2-12-29-25/h2-9,12,15-18,28H,10-11,13-14H2,1H3. The second-order valence-corrected chi connectivity index (χ2v) is 8.61. The topological polar surface area (TPSA) is 64.3 Å². The lowest BCUT2D eigenvalue weighted by atomic mass is 9.84. The Morgan fingerprint density at radius 2 is 1.73 bits per heavy atom. The average Bonchev–Trinajstić information content (AvgIpc) is 3.32. The van der Waals surface area contributed by atoms with Gasteiger partial charge in [0.25, 0.3) is 0 Å². The highest BCUT2D eigenvalue weighted by atomic mass is 16.5. The normalized spacial score (nSPS) is 15.8. The number of piperidine rings is 1. The number of nitrogens with zero attached hydrogens (tertiary/aromatic N) is 4. The molecule has 0 radical (unpaired) electrons. The van der Waals surface area contributed by atoms with Crippen LogP contribution in [-0.2, 0) is 10.3 Å². The van der Waals surface area contributed by atoms with Crippen molar-refractivity contribution in [2.24, 2.45) is 0 Å². The van der Waals surface area contributed by atoms with Crippen LogP contribution in [-0.4, -0.2) is 39.8 Å². The molecule has 1 aliphatic rings. The first-order valence-corrected chi connectivity index (χ1v) is 11.3. The number of hydrogen-bond acceptors (Lipinski definition) is 5. The largest absolute Gasteiger partial charge is 0.373 e. The molecule has 6 nitrogen and oxygen atoms in total. The Kier molecular flexibility index (Phi) is 4.89. The fourth-order valence-corrected chi connectivity index (χ4v) is 4.88. The predicted molar refractivity (Wildman–Crippen MR) is 130 cm³/mol. The van der Waals surface area contributed by atoms with Crippen LogP contribution in [0, 0.1) is 0 Å². The zero-order valence-corrected chi connectivity index (χ0v) is 18.5. The molecule has 1 saturated heterocycles. The maximum atomic E-state index is 5.97. The van der Waals surface area contributed by atoms with Gasteiger partial charge >= 0.3 is 0 Å². The van der Waals surface area contributed by atoms with Gasteiger partial charge in [-0.3, -0.25) is 4.98 Å². The van der Waals surface area contributed by atoms with Crippen molar-refractivity contribution in [2.45, 2.75) is 18.4 Å². The number of aromatic nitrogens is 4. The highest BCUT2D eigenvalue weighted by molar-refractivity contribution is 5.87. The van der Waals surface area contributed by atoms with Crippen LogP contribution >= 0.6 is 0 Å². The van der Waals surface area contributed by atoms with Crippen molar-refractivity contribution in [3.05, 3.63) is 84.9 Å². The summed E-state index contributed by atoms with van der Waals surface area (Å²) in [5.74, 6) is 0. The van der Waals surface area contributed by atoms with Crippen LogP contribution in [0.15, 0.2) is 79.4 Å². The molecule has 1 N–H and O–H groups in total. The third kappa shape index (κ3) is 3.48. The summed E-state index contributed by atoms with van der Waals surface area (Å²) in [6.45, 7) is 1.96. The number of pyridine rings is 1. The predicted octanol–water partition coefficient (Wildman–Crippen LogP) is 4.84. The molecule has 5 aromatic rings. The molecule has 3 aromatic heterocycles. The Balaban J connectivity index is 1.33. The number of fused-ring (bicyclic) bond motifs is 2. The Bertz CT molecular complexity index is 1430. The number of ether oxygens (including phenoxy) is 1. The van der Waals surface area contributed by atoms with Crippen LogP contribution < -0.4 is 5.32 Å². The van der Waals surface area contributed by atoms with Crippen molar-refractivity contribution in [3.8, 4) is 22.3 Å². The van der Waals surface area contributed by atoms with Gasteiger partial charge in [-0.2, -0.15) is 5.10 Å². The third-order valence-corrected chi connectivity index (χ3v) is 6.82. The molecule has 2 aromatic carbocycles. The molecule has 1 aliphatic heterocycles. The third-order valence-electron chi connectivity index (χ3n) is 6.82. The fraction of sp³-hybridized carbons (Fsp3) is 0.222. The van der Waals surface area contributed by atoms with Gasteiger partial charge in [-0.25, -0.2) is 9.50 Å². The molecule has 6 heteroatoms. The minimum Gasteiger partial charge on any atom is -0.373 e. The summed E-state index contributed by atoms with van der Waals surface area (Å²) in [4.78, 5) is 9.18. The van der Waals surface area contributed by atoms with Gasteiger partial charge < -0.3 is 10.1 Å². The van der Waals surface area contributed by atoms with Gasteiger partial charge in [-0.05, 0) is 60.8 Å². The smallest absolute Gasteiger partial charge is 0.162 e. The van der Waals surface area contributed by atoms with E-state index in [0.29, 0.717) is 0 Å². The van der Waals surface area contributed by atoms with E-state index in [1.807, 2.05) is 48.5 Å². The molecule has 0 aliphatic carbocycles. The van der Waals surface area contributed by atoms with Crippen molar-refractivity contribution in [1.29, 1.82) is 0 Å². The lowest BCUT2D eigenvalue weighted by molar-refractivity contribution is -0.0391. The summed E-state index contributed by atoms with van der Waals surface area (Å²) in [5.41, 5.74) is 7.10. The minimum atomic E-state index is -0.196. The van der Waals surface area contributed by atoms with Crippen LogP contribution in [0.1, 0.15) is 18.4 Å². The summed E-state index contributed by atoms with van der Waals surface area (Å²) in [5, 5.41) is 9.11. The number of hydrogen-bond donors (Lipinski definition) is 1. The van der Waals surface area contributed by atoms with E-state index in [0.717, 1.165) is 64.7 Å². The van der Waals surface area contributed by atoms with Gasteiger partial charge in [0, 0.05) is 42.2 Å². The molecule has 0 unspecified atom stereocenters. The number of methoxy groups -OCH3 is 1. The van der Waals surface area contributed by atoms with Crippen molar-refractivity contribution in [1.82, 2.24) is 24.9 Å². The van der Waals surface area contributed by atoms with Gasteiger partial charge in [-0.1, -0.05) is 36.4 Å². The average molecular weight is 436 g/mol. The molecular formula is C27H25N5O. The summed E-state index contributed by atoms with van der Waals surface area (Å²) in [6, 6.07) is 19.0. The van der Waals surface area contributed by atoms with Crippen LogP contribution in [0.4, 0.5) is 0 Å². The first kappa shape index (κ1) is 20.0. The van der Waals surface area contributed by atoms with E-state index in [9.17, 15) is 0 Å². The first-order valence-electron chi connectivity index (χ1n) is 11.3. The van der Waals surface area contributed by atoms with Crippen LogP contribution in [0.2, 0.25) is 0 Å². The number of benzene rings is 2. The lowest BCUT2D eigenvalue weighted by Gasteiger charge is -2.37. The second kappa shape index (κ2) is 8.06. The van der Waals surface area contributed by atoms with E-state index in [2.05, 4.69) is 57.9 Å². The highest BCUT2D eigenvalue weighted by Crippen LogP contribution is 2.35. The molecule has 0 bridgehead atoms. The van der Waals surface area contributed by atoms with E-state index >= 15 is 0 Å². The molecule has 0 spiro atoms. The van der Waals surface area contributed by atoms with Crippen molar-refractivity contribution < 1.29 is 4.74 Å². The molecular weight excluding hydrogens is 410 g/mol. The number of nitrogens with one attached hydrogen (secondary N) is 1. The van der Waals surface area contributed by atoms with E-state index in [-0.39, 0.29) is 5.60 Å². The summed E-state index contributed by atoms with van der Waals surface area (Å²) < 4.78 is 7.83. The van der Waals surface area contributed by atoms with Gasteiger partial charge in [0.2, 0.25) is 0 Å². The monoisotopic (exact) mass is 435 g/mol. The van der Waals surface area contributed by atoms with Crippen LogP contribution in [0.3, 0.4) is 0 Å². The lowest BCUT2D eigenvalue weighted by Crippen LogP contribution is -2.41. The van der Waals surface area contributed by atoms with Gasteiger partial charge in [-0.15, -0.1) is 0 Å². The highest BCUT2D eigenvalue weighted by Gasteiger charge is 2.33. The summed E-state index contributed by atoms with van der Waals surface area (Å²) in [6.07, 6.45) is 9.63. The van der Waals surface area contributed by atoms with E-state index in [1.165, 1.54) is 5.56 Å². The van der Waals surface area contributed by atoms with Crippen molar-refractivity contribution in [3.63, 3.8) is 0 Å². The Labute approximate surface area is 192 Å².